The molecule has 0 aliphatic rings. The predicted octanol–water partition coefficient (Wildman–Crippen LogP) is 6.33. The summed E-state index contributed by atoms with van der Waals surface area (Å²) in [5, 5.41) is 0. The molecule has 0 nitrogen and oxygen atoms in total. The van der Waals surface area contributed by atoms with E-state index in [0.29, 0.717) is 0 Å². The first kappa shape index (κ1) is 18.4. The van der Waals surface area contributed by atoms with Gasteiger partial charge in [-0.05, 0) is 0 Å². The Labute approximate surface area is 118 Å². The Hall–Kier alpha value is 0.430. The van der Waals surface area contributed by atoms with Crippen molar-refractivity contribution in [2.24, 2.45) is 0 Å². The molecule has 0 amide bonds. The van der Waals surface area contributed by atoms with Crippen LogP contribution < -0.4 is 0 Å². The number of rotatable bonds is 13. The second kappa shape index (κ2) is 12.5. The molecule has 0 aromatic carbocycles. The van der Waals surface area contributed by atoms with E-state index >= 15 is 0 Å². The molecule has 0 aromatic heterocycles. The molecule has 0 aliphatic carbocycles. The second-order valence-electron chi connectivity index (χ2n) is 6.22. The normalized spacial score (nSPS) is 12.9. The van der Waals surface area contributed by atoms with Crippen LogP contribution in [0.15, 0.2) is 0 Å². The SMILES string of the molecule is CCCCC[PH](CC)(CCCCC)CCCCC. The van der Waals surface area contributed by atoms with Crippen molar-refractivity contribution in [2.75, 3.05) is 24.6 Å². The van der Waals surface area contributed by atoms with Gasteiger partial charge in [0.25, 0.3) is 0 Å². The second-order valence-corrected chi connectivity index (χ2v) is 11.4. The Balaban J connectivity index is 4.20. The molecular weight excluding hydrogens is 235 g/mol. The first-order valence-corrected chi connectivity index (χ1v) is 11.6. The molecule has 0 aliphatic heterocycles. The van der Waals surface area contributed by atoms with Gasteiger partial charge in [0, 0.05) is 0 Å². The van der Waals surface area contributed by atoms with Crippen molar-refractivity contribution in [2.45, 2.75) is 85.5 Å². The summed E-state index contributed by atoms with van der Waals surface area (Å²) in [6, 6.07) is 0. The third-order valence-electron chi connectivity index (χ3n) is 4.68. The predicted molar refractivity (Wildman–Crippen MR) is 92.0 cm³/mol. The Bertz CT molecular complexity index is 138. The molecule has 0 saturated carbocycles. The fraction of sp³-hybridized carbons (Fsp3) is 1.00. The van der Waals surface area contributed by atoms with Gasteiger partial charge >= 0.3 is 117 Å². The Morgan fingerprint density at radius 1 is 0.500 bits per heavy atom. The van der Waals surface area contributed by atoms with Crippen LogP contribution in [0.1, 0.15) is 85.5 Å². The van der Waals surface area contributed by atoms with Gasteiger partial charge in [-0.1, -0.05) is 0 Å². The molecule has 0 aromatic rings. The molecule has 0 fully saturated rings. The van der Waals surface area contributed by atoms with Crippen LogP contribution >= 0.6 is 7.26 Å². The van der Waals surface area contributed by atoms with Crippen LogP contribution in [-0.2, 0) is 0 Å². The fourth-order valence-electron chi connectivity index (χ4n) is 3.16. The van der Waals surface area contributed by atoms with Gasteiger partial charge in [-0.25, -0.2) is 0 Å². The zero-order valence-corrected chi connectivity index (χ0v) is 14.7. The van der Waals surface area contributed by atoms with Crippen LogP contribution in [0.25, 0.3) is 0 Å². The van der Waals surface area contributed by atoms with Crippen molar-refractivity contribution in [1.82, 2.24) is 0 Å². The molecule has 18 heavy (non-hydrogen) atoms. The molecule has 0 rings (SSSR count). The Kier molecular flexibility index (Phi) is 12.8. The van der Waals surface area contributed by atoms with E-state index in [2.05, 4.69) is 27.7 Å². The fourth-order valence-corrected chi connectivity index (χ4v) is 7.97. The van der Waals surface area contributed by atoms with Gasteiger partial charge < -0.3 is 0 Å². The van der Waals surface area contributed by atoms with Gasteiger partial charge in [-0.3, -0.25) is 0 Å². The molecule has 1 heteroatoms. The van der Waals surface area contributed by atoms with E-state index in [-0.39, 0.29) is 0 Å². The van der Waals surface area contributed by atoms with Crippen molar-refractivity contribution in [3.63, 3.8) is 0 Å². The first-order valence-electron chi connectivity index (χ1n) is 8.74. The monoisotopic (exact) mass is 274 g/mol. The summed E-state index contributed by atoms with van der Waals surface area (Å²) in [5.74, 6) is 0. The van der Waals surface area contributed by atoms with E-state index in [1.807, 2.05) is 0 Å². The summed E-state index contributed by atoms with van der Waals surface area (Å²) >= 11 is 0. The molecule has 0 atom stereocenters. The van der Waals surface area contributed by atoms with E-state index in [0.717, 1.165) is 0 Å². The summed E-state index contributed by atoms with van der Waals surface area (Å²) in [7, 11) is -0.881. The van der Waals surface area contributed by atoms with Crippen molar-refractivity contribution in [3.8, 4) is 0 Å². The Morgan fingerprint density at radius 2 is 0.833 bits per heavy atom. The topological polar surface area (TPSA) is 0 Å². The van der Waals surface area contributed by atoms with Gasteiger partial charge in [-0.15, -0.1) is 0 Å². The van der Waals surface area contributed by atoms with Gasteiger partial charge in [0.15, 0.2) is 0 Å². The molecule has 0 N–H and O–H groups in total. The summed E-state index contributed by atoms with van der Waals surface area (Å²) in [5.41, 5.74) is 0. The number of hydrogen-bond donors (Lipinski definition) is 0. The maximum absolute atomic E-state index is 2.50. The third kappa shape index (κ3) is 8.52. The van der Waals surface area contributed by atoms with Crippen LogP contribution in [0, 0.1) is 0 Å². The molecular formula is C17H39P. The Morgan fingerprint density at radius 3 is 1.06 bits per heavy atom. The van der Waals surface area contributed by atoms with Crippen molar-refractivity contribution in [1.29, 1.82) is 0 Å². The number of hydrogen-bond acceptors (Lipinski definition) is 0. The van der Waals surface area contributed by atoms with Gasteiger partial charge in [0.05, 0.1) is 0 Å². The molecule has 0 bridgehead atoms. The van der Waals surface area contributed by atoms with Gasteiger partial charge in [-0.2, -0.15) is 0 Å². The molecule has 112 valence electrons. The average Bonchev–Trinajstić information content (AvgIpc) is 2.39. The molecule has 0 heterocycles. The van der Waals surface area contributed by atoms with Crippen molar-refractivity contribution < 1.29 is 0 Å². The van der Waals surface area contributed by atoms with E-state index in [1.54, 1.807) is 24.6 Å². The average molecular weight is 274 g/mol. The van der Waals surface area contributed by atoms with Gasteiger partial charge in [0.1, 0.15) is 0 Å². The van der Waals surface area contributed by atoms with Crippen molar-refractivity contribution >= 4 is 7.26 Å². The summed E-state index contributed by atoms with van der Waals surface area (Å²) in [6.45, 7) is 9.51. The van der Waals surface area contributed by atoms with Gasteiger partial charge in [0.2, 0.25) is 0 Å². The number of unbranched alkanes of at least 4 members (excludes halogenated alkanes) is 6. The molecule has 0 unspecified atom stereocenters. The van der Waals surface area contributed by atoms with E-state index < -0.39 is 7.26 Å². The van der Waals surface area contributed by atoms with E-state index in [9.17, 15) is 0 Å². The quantitative estimate of drug-likeness (QED) is 0.272. The first-order chi connectivity index (χ1) is 8.74. The minimum absolute atomic E-state index is 0.881. The summed E-state index contributed by atoms with van der Waals surface area (Å²) in [4.78, 5) is 0. The van der Waals surface area contributed by atoms with Crippen LogP contribution in [0.5, 0.6) is 0 Å². The van der Waals surface area contributed by atoms with E-state index in [4.69, 9.17) is 0 Å². The standard InChI is InChI=1S/C17H39P/c1-5-9-12-15-18(8-4,16-13-10-6-2)17-14-11-7-3/h18H,5-17H2,1-4H3. The van der Waals surface area contributed by atoms with Crippen molar-refractivity contribution in [3.05, 3.63) is 0 Å². The molecule has 0 saturated heterocycles. The maximum atomic E-state index is 2.50. The zero-order valence-electron chi connectivity index (χ0n) is 13.7. The minimum atomic E-state index is -0.881. The summed E-state index contributed by atoms with van der Waals surface area (Å²) in [6.07, 6.45) is 19.6. The van der Waals surface area contributed by atoms with Crippen LogP contribution in [0.4, 0.5) is 0 Å². The molecule has 0 radical (unpaired) electrons. The third-order valence-corrected chi connectivity index (χ3v) is 10.4. The summed E-state index contributed by atoms with van der Waals surface area (Å²) < 4.78 is 0. The van der Waals surface area contributed by atoms with Crippen LogP contribution in [-0.4, -0.2) is 24.6 Å². The van der Waals surface area contributed by atoms with E-state index in [1.165, 1.54) is 57.8 Å². The molecule has 0 spiro atoms. The van der Waals surface area contributed by atoms with Crippen LogP contribution in [0.2, 0.25) is 0 Å². The zero-order chi connectivity index (χ0) is 13.7. The van der Waals surface area contributed by atoms with Crippen LogP contribution in [0.3, 0.4) is 0 Å².